The molecule has 1 heterocycles. The van der Waals surface area contributed by atoms with E-state index in [9.17, 15) is 9.18 Å². The summed E-state index contributed by atoms with van der Waals surface area (Å²) in [6.07, 6.45) is 3.13. The predicted octanol–water partition coefficient (Wildman–Crippen LogP) is 2.78. The monoisotopic (exact) mass is 314 g/mol. The van der Waals surface area contributed by atoms with Gasteiger partial charge in [0.05, 0.1) is 6.04 Å². The molecule has 2 N–H and O–H groups in total. The Balaban J connectivity index is 0.00000220. The largest absolute Gasteiger partial charge is 0.354 e. The number of hydrogen-bond donors (Lipinski definition) is 2. The highest BCUT2D eigenvalue weighted by molar-refractivity contribution is 5.85. The molecule has 118 valence electrons. The summed E-state index contributed by atoms with van der Waals surface area (Å²) in [5.41, 5.74) is 0.612. The van der Waals surface area contributed by atoms with Crippen LogP contribution in [0.25, 0.3) is 0 Å². The minimum Gasteiger partial charge on any atom is -0.354 e. The lowest BCUT2D eigenvalue weighted by atomic mass is 9.84. The molecule has 1 unspecified atom stereocenters. The molecule has 0 bridgehead atoms. The molecule has 21 heavy (non-hydrogen) atoms. The zero-order valence-corrected chi connectivity index (χ0v) is 13.4. The van der Waals surface area contributed by atoms with Gasteiger partial charge in [-0.25, -0.2) is 4.39 Å². The first-order valence-corrected chi connectivity index (χ1v) is 7.26. The first kappa shape index (κ1) is 17.9. The third-order valence-corrected chi connectivity index (χ3v) is 3.94. The molecule has 1 fully saturated rings. The molecule has 0 radical (unpaired) electrons. The second kappa shape index (κ2) is 7.76. The molecule has 0 aromatic heterocycles. The third kappa shape index (κ3) is 4.97. The summed E-state index contributed by atoms with van der Waals surface area (Å²) in [6, 6.07) is 6.49. The molecule has 1 atom stereocenters. The van der Waals surface area contributed by atoms with Gasteiger partial charge >= 0.3 is 0 Å². The number of carbonyl (C=O) groups excluding carboxylic acids is 1. The molecule has 1 aliphatic heterocycles. The van der Waals surface area contributed by atoms with E-state index >= 15 is 0 Å². The first-order valence-electron chi connectivity index (χ1n) is 7.26. The lowest BCUT2D eigenvalue weighted by molar-refractivity contribution is -0.123. The molecule has 1 aromatic carbocycles. The van der Waals surface area contributed by atoms with Crippen molar-refractivity contribution in [1.29, 1.82) is 0 Å². The minimum absolute atomic E-state index is 0. The van der Waals surface area contributed by atoms with E-state index < -0.39 is 0 Å². The highest BCUT2D eigenvalue weighted by atomic mass is 35.5. The Morgan fingerprint density at radius 2 is 2.19 bits per heavy atom. The lowest BCUT2D eigenvalue weighted by Gasteiger charge is -2.28. The number of rotatable bonds is 4. The fraction of sp³-hybridized carbons (Fsp3) is 0.562. The van der Waals surface area contributed by atoms with Gasteiger partial charge in [0.25, 0.3) is 0 Å². The maximum atomic E-state index is 13.3. The van der Waals surface area contributed by atoms with E-state index in [0.29, 0.717) is 6.54 Å². The van der Waals surface area contributed by atoms with Crippen LogP contribution >= 0.6 is 12.4 Å². The van der Waals surface area contributed by atoms with E-state index in [-0.39, 0.29) is 35.6 Å². The van der Waals surface area contributed by atoms with Crippen LogP contribution in [0.15, 0.2) is 24.3 Å². The second-order valence-electron chi connectivity index (χ2n) is 6.11. The van der Waals surface area contributed by atoms with Crippen molar-refractivity contribution in [3.8, 4) is 0 Å². The Bertz CT molecular complexity index is 473. The quantitative estimate of drug-likeness (QED) is 0.897. The van der Waals surface area contributed by atoms with E-state index in [4.69, 9.17) is 0 Å². The fourth-order valence-electron chi connectivity index (χ4n) is 2.52. The standard InChI is InChI=1S/C16H23FN2O.ClH/c1-16(2,12-6-5-7-13(17)10-12)11-19-15(20)14-8-3-4-9-18-14;/h5-7,10,14,18H,3-4,8-9,11H2,1-2H3,(H,19,20);1H. The van der Waals surface area contributed by atoms with Crippen LogP contribution in [-0.2, 0) is 10.2 Å². The number of hydrogen-bond acceptors (Lipinski definition) is 2. The van der Waals surface area contributed by atoms with Gasteiger partial charge in [-0.1, -0.05) is 32.4 Å². The Labute approximate surface area is 132 Å². The topological polar surface area (TPSA) is 41.1 Å². The number of benzene rings is 1. The van der Waals surface area contributed by atoms with Crippen LogP contribution in [0.4, 0.5) is 4.39 Å². The van der Waals surface area contributed by atoms with Gasteiger partial charge in [-0.15, -0.1) is 12.4 Å². The lowest BCUT2D eigenvalue weighted by Crippen LogP contribution is -2.49. The third-order valence-electron chi connectivity index (χ3n) is 3.94. The maximum Gasteiger partial charge on any atom is 0.237 e. The first-order chi connectivity index (χ1) is 9.49. The van der Waals surface area contributed by atoms with E-state index in [1.54, 1.807) is 6.07 Å². The van der Waals surface area contributed by atoms with Crippen LogP contribution in [0.5, 0.6) is 0 Å². The van der Waals surface area contributed by atoms with Crippen molar-refractivity contribution in [2.24, 2.45) is 0 Å². The van der Waals surface area contributed by atoms with Crippen molar-refractivity contribution < 1.29 is 9.18 Å². The predicted molar refractivity (Wildman–Crippen MR) is 85.3 cm³/mol. The number of amides is 1. The summed E-state index contributed by atoms with van der Waals surface area (Å²) >= 11 is 0. The van der Waals surface area contributed by atoms with Gasteiger partial charge in [0.1, 0.15) is 5.82 Å². The van der Waals surface area contributed by atoms with Crippen molar-refractivity contribution >= 4 is 18.3 Å². The molecule has 0 aliphatic carbocycles. The molecule has 1 saturated heterocycles. The van der Waals surface area contributed by atoms with E-state index in [2.05, 4.69) is 10.6 Å². The van der Waals surface area contributed by atoms with Gasteiger partial charge in [-0.2, -0.15) is 0 Å². The summed E-state index contributed by atoms with van der Waals surface area (Å²) in [5.74, 6) is -0.190. The number of nitrogens with one attached hydrogen (secondary N) is 2. The number of piperidine rings is 1. The summed E-state index contributed by atoms with van der Waals surface area (Å²) in [5, 5.41) is 6.22. The fourth-order valence-corrected chi connectivity index (χ4v) is 2.52. The van der Waals surface area contributed by atoms with Crippen LogP contribution < -0.4 is 10.6 Å². The summed E-state index contributed by atoms with van der Waals surface area (Å²) in [4.78, 5) is 12.1. The summed E-state index contributed by atoms with van der Waals surface area (Å²) in [6.45, 7) is 5.44. The van der Waals surface area contributed by atoms with Crippen molar-refractivity contribution in [3.05, 3.63) is 35.6 Å². The molecule has 0 saturated carbocycles. The van der Waals surface area contributed by atoms with Crippen LogP contribution in [0, 0.1) is 5.82 Å². The SMILES string of the molecule is CC(C)(CNC(=O)C1CCCCN1)c1cccc(F)c1.Cl. The molecular weight excluding hydrogens is 291 g/mol. The van der Waals surface area contributed by atoms with Crippen molar-refractivity contribution in [3.63, 3.8) is 0 Å². The number of halogens is 2. The van der Waals surface area contributed by atoms with Crippen molar-refractivity contribution in [2.75, 3.05) is 13.1 Å². The van der Waals surface area contributed by atoms with Gasteiger partial charge in [0.15, 0.2) is 0 Å². The van der Waals surface area contributed by atoms with Crippen LogP contribution in [0.3, 0.4) is 0 Å². The molecule has 1 amide bonds. The highest BCUT2D eigenvalue weighted by Crippen LogP contribution is 2.23. The Hall–Kier alpha value is -1.13. The van der Waals surface area contributed by atoms with E-state index in [0.717, 1.165) is 31.4 Å². The molecule has 0 spiro atoms. The minimum atomic E-state index is -0.285. The molecule has 3 nitrogen and oxygen atoms in total. The summed E-state index contributed by atoms with van der Waals surface area (Å²) < 4.78 is 13.3. The van der Waals surface area contributed by atoms with Gasteiger partial charge in [0, 0.05) is 12.0 Å². The molecular formula is C16H24ClFN2O. The van der Waals surface area contributed by atoms with Crippen molar-refractivity contribution in [2.45, 2.75) is 44.6 Å². The van der Waals surface area contributed by atoms with E-state index in [1.807, 2.05) is 19.9 Å². The van der Waals surface area contributed by atoms with Gasteiger partial charge in [-0.05, 0) is 37.1 Å². The van der Waals surface area contributed by atoms with Crippen LogP contribution in [0.1, 0.15) is 38.7 Å². The number of carbonyl (C=O) groups is 1. The van der Waals surface area contributed by atoms with Gasteiger partial charge in [0.2, 0.25) is 5.91 Å². The Kier molecular flexibility index (Phi) is 6.62. The normalized spacial score (nSPS) is 18.7. The van der Waals surface area contributed by atoms with Crippen LogP contribution in [-0.4, -0.2) is 25.0 Å². The van der Waals surface area contributed by atoms with Gasteiger partial charge in [-0.3, -0.25) is 4.79 Å². The zero-order chi connectivity index (χ0) is 14.6. The molecule has 1 aliphatic rings. The van der Waals surface area contributed by atoms with Crippen molar-refractivity contribution in [1.82, 2.24) is 10.6 Å². The maximum absolute atomic E-state index is 13.3. The second-order valence-corrected chi connectivity index (χ2v) is 6.11. The smallest absolute Gasteiger partial charge is 0.237 e. The average molecular weight is 315 g/mol. The van der Waals surface area contributed by atoms with E-state index in [1.165, 1.54) is 12.1 Å². The highest BCUT2D eigenvalue weighted by Gasteiger charge is 2.25. The van der Waals surface area contributed by atoms with Crippen LogP contribution in [0.2, 0.25) is 0 Å². The molecule has 2 rings (SSSR count). The summed E-state index contributed by atoms with van der Waals surface area (Å²) in [7, 11) is 0. The zero-order valence-electron chi connectivity index (χ0n) is 12.6. The average Bonchev–Trinajstić information content (AvgIpc) is 2.46. The molecule has 1 aromatic rings. The van der Waals surface area contributed by atoms with Gasteiger partial charge < -0.3 is 10.6 Å². The Morgan fingerprint density at radius 1 is 1.43 bits per heavy atom. The molecule has 5 heteroatoms. The Morgan fingerprint density at radius 3 is 2.81 bits per heavy atom.